The van der Waals surface area contributed by atoms with Crippen LogP contribution in [0, 0.1) is 5.82 Å². The maximum atomic E-state index is 13.6. The van der Waals surface area contributed by atoms with Gasteiger partial charge < -0.3 is 4.98 Å². The predicted octanol–water partition coefficient (Wildman–Crippen LogP) is 4.78. The van der Waals surface area contributed by atoms with Crippen molar-refractivity contribution >= 4 is 38.6 Å². The molecule has 2 nitrogen and oxygen atoms in total. The number of nitrogens with one attached hydrogen (secondary N) is 1. The number of hydrogen-bond donors (Lipinski definition) is 1. The fourth-order valence-electron chi connectivity index (χ4n) is 1.81. The molecule has 90 valence electrons. The van der Waals surface area contributed by atoms with Crippen LogP contribution in [0.1, 0.15) is 0 Å². The zero-order chi connectivity index (χ0) is 12.7. The summed E-state index contributed by atoms with van der Waals surface area (Å²) in [5, 5.41) is 0.559. The molecule has 0 saturated carbocycles. The number of halogens is 3. The van der Waals surface area contributed by atoms with Crippen molar-refractivity contribution in [3.8, 4) is 11.4 Å². The lowest BCUT2D eigenvalue weighted by Crippen LogP contribution is -1.82. The zero-order valence-electron chi connectivity index (χ0n) is 9.05. The highest BCUT2D eigenvalue weighted by Gasteiger charge is 2.11. The molecule has 0 aliphatic heterocycles. The average Bonchev–Trinajstić information content (AvgIpc) is 2.74. The second-order valence-electron chi connectivity index (χ2n) is 3.85. The van der Waals surface area contributed by atoms with Crippen molar-refractivity contribution < 1.29 is 4.39 Å². The minimum atomic E-state index is -0.344. The Kier molecular flexibility index (Phi) is 2.84. The highest BCUT2D eigenvalue weighted by atomic mass is 79.9. The Morgan fingerprint density at radius 2 is 2.06 bits per heavy atom. The van der Waals surface area contributed by atoms with Gasteiger partial charge in [0, 0.05) is 10.0 Å². The smallest absolute Gasteiger partial charge is 0.151 e. The highest BCUT2D eigenvalue weighted by molar-refractivity contribution is 9.10. The lowest BCUT2D eigenvalue weighted by atomic mass is 10.2. The van der Waals surface area contributed by atoms with E-state index in [-0.39, 0.29) is 5.82 Å². The van der Waals surface area contributed by atoms with Gasteiger partial charge in [-0.25, -0.2) is 9.37 Å². The van der Waals surface area contributed by atoms with Gasteiger partial charge >= 0.3 is 0 Å². The predicted molar refractivity (Wildman–Crippen MR) is 74.2 cm³/mol. The largest absolute Gasteiger partial charge is 0.338 e. The van der Waals surface area contributed by atoms with Crippen LogP contribution in [0.15, 0.2) is 40.9 Å². The summed E-state index contributed by atoms with van der Waals surface area (Å²) in [6, 6.07) is 10.3. The van der Waals surface area contributed by atoms with E-state index < -0.39 is 0 Å². The molecule has 18 heavy (non-hydrogen) atoms. The summed E-state index contributed by atoms with van der Waals surface area (Å²) < 4.78 is 14.4. The van der Waals surface area contributed by atoms with Crippen molar-refractivity contribution in [1.29, 1.82) is 0 Å². The van der Waals surface area contributed by atoms with E-state index in [9.17, 15) is 4.39 Å². The molecule has 0 saturated heterocycles. The summed E-state index contributed by atoms with van der Waals surface area (Å²) in [6.07, 6.45) is 0. The zero-order valence-corrected chi connectivity index (χ0v) is 11.4. The summed E-state index contributed by atoms with van der Waals surface area (Å²) in [4.78, 5) is 7.30. The molecule has 0 amide bonds. The molecular formula is C13H7BrClFN2. The van der Waals surface area contributed by atoms with Gasteiger partial charge in [0.2, 0.25) is 0 Å². The highest BCUT2D eigenvalue weighted by Crippen LogP contribution is 2.30. The first kappa shape index (κ1) is 11.7. The Labute approximate surface area is 116 Å². The monoisotopic (exact) mass is 324 g/mol. The lowest BCUT2D eigenvalue weighted by Gasteiger charge is -2.00. The average molecular weight is 326 g/mol. The van der Waals surface area contributed by atoms with Crippen molar-refractivity contribution in [2.24, 2.45) is 0 Å². The summed E-state index contributed by atoms with van der Waals surface area (Å²) in [6.45, 7) is 0. The van der Waals surface area contributed by atoms with E-state index in [4.69, 9.17) is 11.6 Å². The van der Waals surface area contributed by atoms with E-state index in [1.54, 1.807) is 18.2 Å². The molecule has 1 heterocycles. The van der Waals surface area contributed by atoms with Crippen LogP contribution in [0.2, 0.25) is 5.02 Å². The summed E-state index contributed by atoms with van der Waals surface area (Å²) in [5.74, 6) is 0.218. The van der Waals surface area contributed by atoms with Crippen LogP contribution in [-0.2, 0) is 0 Å². The first-order valence-corrected chi connectivity index (χ1v) is 6.42. The first-order valence-electron chi connectivity index (χ1n) is 5.25. The second kappa shape index (κ2) is 4.37. The number of aromatic nitrogens is 2. The maximum absolute atomic E-state index is 13.6. The van der Waals surface area contributed by atoms with E-state index in [1.807, 2.05) is 12.1 Å². The first-order chi connectivity index (χ1) is 8.65. The Bertz CT molecular complexity index is 739. The maximum Gasteiger partial charge on any atom is 0.151 e. The van der Waals surface area contributed by atoms with E-state index in [0.29, 0.717) is 21.9 Å². The second-order valence-corrected chi connectivity index (χ2v) is 5.17. The van der Waals surface area contributed by atoms with Crippen molar-refractivity contribution in [1.82, 2.24) is 9.97 Å². The summed E-state index contributed by atoms with van der Waals surface area (Å²) in [5.41, 5.74) is 1.73. The number of aromatic amines is 1. The van der Waals surface area contributed by atoms with Crippen molar-refractivity contribution in [2.45, 2.75) is 0 Å². The molecule has 0 unspecified atom stereocenters. The van der Waals surface area contributed by atoms with E-state index in [2.05, 4.69) is 25.9 Å². The molecular weight excluding hydrogens is 319 g/mol. The number of nitrogens with zero attached hydrogens (tertiary/aromatic N) is 1. The number of para-hydroxylation sites is 1. The molecule has 1 N–H and O–H groups in total. The van der Waals surface area contributed by atoms with Crippen LogP contribution in [0.25, 0.3) is 22.4 Å². The third kappa shape index (κ3) is 1.91. The Morgan fingerprint density at radius 3 is 2.78 bits per heavy atom. The fraction of sp³-hybridized carbons (Fsp3) is 0. The van der Waals surface area contributed by atoms with E-state index in [0.717, 1.165) is 10.0 Å². The SMILES string of the molecule is Fc1cccc2[nH]c(-c3ccc(Br)cc3Cl)nc12. The Morgan fingerprint density at radius 1 is 1.22 bits per heavy atom. The molecule has 0 aliphatic rings. The lowest BCUT2D eigenvalue weighted by molar-refractivity contribution is 0.637. The fourth-order valence-corrected chi connectivity index (χ4v) is 2.57. The molecule has 2 aromatic carbocycles. The van der Waals surface area contributed by atoms with Crippen LogP contribution >= 0.6 is 27.5 Å². The number of H-pyrrole nitrogens is 1. The molecule has 1 aromatic heterocycles. The van der Waals surface area contributed by atoms with E-state index in [1.165, 1.54) is 6.07 Å². The number of imidazole rings is 1. The molecule has 0 atom stereocenters. The summed E-state index contributed by atoms with van der Waals surface area (Å²) in [7, 11) is 0. The molecule has 0 bridgehead atoms. The topological polar surface area (TPSA) is 28.7 Å². The summed E-state index contributed by atoms with van der Waals surface area (Å²) >= 11 is 9.49. The van der Waals surface area contributed by atoms with Gasteiger partial charge in [-0.2, -0.15) is 0 Å². The molecule has 0 spiro atoms. The van der Waals surface area contributed by atoms with Gasteiger partial charge in [-0.05, 0) is 30.3 Å². The van der Waals surface area contributed by atoms with Gasteiger partial charge in [0.1, 0.15) is 11.3 Å². The molecule has 3 aromatic rings. The minimum absolute atomic E-state index is 0.325. The van der Waals surface area contributed by atoms with Crippen LogP contribution in [0.4, 0.5) is 4.39 Å². The Hall–Kier alpha value is -1.39. The van der Waals surface area contributed by atoms with Gasteiger partial charge in [-0.15, -0.1) is 0 Å². The van der Waals surface area contributed by atoms with Crippen LogP contribution in [-0.4, -0.2) is 9.97 Å². The van der Waals surface area contributed by atoms with Crippen molar-refractivity contribution in [3.63, 3.8) is 0 Å². The number of rotatable bonds is 1. The molecule has 0 fully saturated rings. The van der Waals surface area contributed by atoms with Crippen LogP contribution in [0.3, 0.4) is 0 Å². The number of fused-ring (bicyclic) bond motifs is 1. The third-order valence-corrected chi connectivity index (χ3v) is 3.46. The van der Waals surface area contributed by atoms with Crippen molar-refractivity contribution in [3.05, 3.63) is 51.7 Å². The molecule has 0 aliphatic carbocycles. The van der Waals surface area contributed by atoms with Gasteiger partial charge in [-0.3, -0.25) is 0 Å². The minimum Gasteiger partial charge on any atom is -0.338 e. The van der Waals surface area contributed by atoms with Gasteiger partial charge in [0.25, 0.3) is 0 Å². The quantitative estimate of drug-likeness (QED) is 0.685. The van der Waals surface area contributed by atoms with Crippen LogP contribution < -0.4 is 0 Å². The van der Waals surface area contributed by atoms with Crippen LogP contribution in [0.5, 0.6) is 0 Å². The van der Waals surface area contributed by atoms with Crippen molar-refractivity contribution in [2.75, 3.05) is 0 Å². The number of benzene rings is 2. The van der Waals surface area contributed by atoms with Gasteiger partial charge in [0.15, 0.2) is 5.82 Å². The van der Waals surface area contributed by atoms with E-state index >= 15 is 0 Å². The third-order valence-electron chi connectivity index (χ3n) is 2.65. The molecule has 0 radical (unpaired) electrons. The standard InChI is InChI=1S/C13H7BrClFN2/c14-7-4-5-8(9(15)6-7)13-17-11-3-1-2-10(16)12(11)18-13/h1-6H,(H,17,18). The normalized spacial score (nSPS) is 11.1. The number of hydrogen-bond acceptors (Lipinski definition) is 1. The van der Waals surface area contributed by atoms with Gasteiger partial charge in [-0.1, -0.05) is 33.6 Å². The molecule has 3 rings (SSSR count). The molecule has 5 heteroatoms. The van der Waals surface area contributed by atoms with Gasteiger partial charge in [0.05, 0.1) is 10.5 Å². The Balaban J connectivity index is 2.23.